The van der Waals surface area contributed by atoms with Gasteiger partial charge in [-0.25, -0.2) is 37.3 Å². The maximum atomic E-state index is 16.4. The normalized spacial score (nSPS) is 19.2. The van der Waals surface area contributed by atoms with Crippen LogP contribution in [-0.4, -0.2) is 83.5 Å². The smallest absolute Gasteiger partial charge is 0.411 e. The van der Waals surface area contributed by atoms with Crippen molar-refractivity contribution < 1.29 is 50.2 Å². The van der Waals surface area contributed by atoms with Crippen LogP contribution in [0.5, 0.6) is 0 Å². The number of carbonyl (C=O) groups is 3. The fraction of sp³-hybridized carbons (Fsp3) is 0.409. The second kappa shape index (κ2) is 17.7. The fourth-order valence-electron chi connectivity index (χ4n) is 7.85. The lowest BCUT2D eigenvalue weighted by Crippen LogP contribution is -2.49. The zero-order valence-corrected chi connectivity index (χ0v) is 36.4. The molecule has 2 atom stereocenters. The first kappa shape index (κ1) is 46.0. The SMILES string of the molecule is CC(C)(C)C[C@]1(c2ccc(-c3cn(C4CC4)nn3)c(F)c2)N/C(=N/CC(=O)OCc2ccccc2)N([C@H](COC(=O)NC2(C(F)(F)F)CC2)c2ccc(Cl)c(-n3ncnc3C(F)F)c2)C1=O. The molecule has 5 aromatic rings. The number of alkyl carbamates (subject to hydrolysis) is 1. The van der Waals surface area contributed by atoms with Gasteiger partial charge in [-0.2, -0.15) is 18.3 Å². The predicted octanol–water partition coefficient (Wildman–Crippen LogP) is 8.32. The van der Waals surface area contributed by atoms with Gasteiger partial charge in [0.25, 0.3) is 12.3 Å². The van der Waals surface area contributed by atoms with Crippen LogP contribution in [0, 0.1) is 11.2 Å². The van der Waals surface area contributed by atoms with Crippen LogP contribution >= 0.6 is 11.6 Å². The fourth-order valence-corrected chi connectivity index (χ4v) is 8.05. The van der Waals surface area contributed by atoms with Crippen LogP contribution in [0.2, 0.25) is 5.02 Å². The lowest BCUT2D eigenvalue weighted by molar-refractivity contribution is -0.164. The van der Waals surface area contributed by atoms with E-state index in [1.54, 1.807) is 41.2 Å². The van der Waals surface area contributed by atoms with E-state index in [0.29, 0.717) is 5.56 Å². The minimum absolute atomic E-state index is 0.0382. The maximum Gasteiger partial charge on any atom is 0.411 e. The molecule has 66 heavy (non-hydrogen) atoms. The summed E-state index contributed by atoms with van der Waals surface area (Å²) in [4.78, 5) is 51.3. The van der Waals surface area contributed by atoms with Gasteiger partial charge in [0.2, 0.25) is 5.96 Å². The molecule has 15 nitrogen and oxygen atoms in total. The summed E-state index contributed by atoms with van der Waals surface area (Å²) in [5.74, 6) is -3.47. The number of ether oxygens (including phenoxy) is 2. The van der Waals surface area contributed by atoms with Gasteiger partial charge in [-0.3, -0.25) is 14.5 Å². The van der Waals surface area contributed by atoms with E-state index in [1.165, 1.54) is 36.4 Å². The Morgan fingerprint density at radius 3 is 2.42 bits per heavy atom. The Kier molecular flexibility index (Phi) is 12.4. The Labute approximate surface area is 378 Å². The molecule has 8 rings (SSSR count). The van der Waals surface area contributed by atoms with Gasteiger partial charge in [0.1, 0.15) is 48.7 Å². The quantitative estimate of drug-likeness (QED) is 0.0769. The van der Waals surface area contributed by atoms with E-state index in [1.807, 2.05) is 26.1 Å². The number of nitrogens with one attached hydrogen (secondary N) is 2. The summed E-state index contributed by atoms with van der Waals surface area (Å²) in [6, 6.07) is 15.5. The van der Waals surface area contributed by atoms with E-state index >= 15 is 9.18 Å². The van der Waals surface area contributed by atoms with Crippen LogP contribution in [0.25, 0.3) is 16.9 Å². The van der Waals surface area contributed by atoms with Gasteiger partial charge in [-0.1, -0.05) is 80.1 Å². The largest absolute Gasteiger partial charge is 0.459 e. The number of rotatable bonds is 15. The van der Waals surface area contributed by atoms with Crippen LogP contribution in [0.15, 0.2) is 84.2 Å². The van der Waals surface area contributed by atoms with Crippen molar-refractivity contribution in [3.8, 4) is 16.9 Å². The molecule has 2 saturated carbocycles. The molecule has 2 aromatic heterocycles. The number of alkyl halides is 5. The topological polar surface area (TPSA) is 171 Å². The van der Waals surface area contributed by atoms with Crippen LogP contribution in [0.4, 0.5) is 31.1 Å². The summed E-state index contributed by atoms with van der Waals surface area (Å²) in [7, 11) is 0. The van der Waals surface area contributed by atoms with Crippen molar-refractivity contribution in [2.75, 3.05) is 13.2 Å². The summed E-state index contributed by atoms with van der Waals surface area (Å²) in [5, 5.41) is 17.2. The van der Waals surface area contributed by atoms with Crippen molar-refractivity contribution in [2.24, 2.45) is 10.4 Å². The van der Waals surface area contributed by atoms with Crippen molar-refractivity contribution >= 4 is 35.5 Å². The monoisotopic (exact) mass is 940 g/mol. The van der Waals surface area contributed by atoms with Crippen LogP contribution in [0.1, 0.15) is 93.9 Å². The average Bonchev–Trinajstić information content (AvgIpc) is 4.13. The van der Waals surface area contributed by atoms with Gasteiger partial charge in [0, 0.05) is 5.56 Å². The standard InChI is InChI=1S/C44H43ClF6N10O5/c1-41(2,3)23-43(27-10-13-29(31(46)18-27)32-20-59(58-57-32)28-11-12-28)38(63)60(39(55-43)52-19-35(62)65-21-25-7-5-4-6-8-25)34(22-66-40(64)56-42(15-16-42)44(49,50)51)26-9-14-30(45)33(17-26)61-37(36(47)48)53-24-54-61/h4-10,13-14,17-18,20,24,28,34,36H,11-12,15-16,19,21-23H2,1-3H3,(H,52,55)(H,56,64)/t34-,43-/m1/s1. The Hall–Kier alpha value is -6.51. The van der Waals surface area contributed by atoms with Gasteiger partial charge < -0.3 is 20.1 Å². The Balaban J connectivity index is 1.23. The summed E-state index contributed by atoms with van der Waals surface area (Å²) < 4.78 is 99.9. The molecule has 1 aliphatic heterocycles. The molecule has 3 aromatic carbocycles. The molecule has 0 unspecified atom stereocenters. The first-order valence-corrected chi connectivity index (χ1v) is 21.2. The summed E-state index contributed by atoms with van der Waals surface area (Å²) >= 11 is 6.54. The van der Waals surface area contributed by atoms with E-state index in [0.717, 1.165) is 28.8 Å². The molecule has 0 radical (unpaired) electrons. The van der Waals surface area contributed by atoms with E-state index in [-0.39, 0.29) is 58.1 Å². The molecular weight excluding hydrogens is 898 g/mol. The van der Waals surface area contributed by atoms with Gasteiger partial charge in [0.15, 0.2) is 5.82 Å². The second-order valence-electron chi connectivity index (χ2n) is 17.6. The van der Waals surface area contributed by atoms with E-state index < -0.39 is 90.7 Å². The molecule has 3 aliphatic rings. The molecule has 0 spiro atoms. The Bertz CT molecular complexity index is 2660. The number of carbonyl (C=O) groups excluding carboxylic acids is 3. The molecule has 348 valence electrons. The number of aliphatic imine (C=N–C) groups is 1. The summed E-state index contributed by atoms with van der Waals surface area (Å²) in [6.45, 7) is 3.83. The third-order valence-corrected chi connectivity index (χ3v) is 11.7. The van der Waals surface area contributed by atoms with E-state index in [9.17, 15) is 31.5 Å². The van der Waals surface area contributed by atoms with Crippen molar-refractivity contribution in [1.29, 1.82) is 0 Å². The summed E-state index contributed by atoms with van der Waals surface area (Å²) in [5.41, 5.74) is -4.08. The van der Waals surface area contributed by atoms with Crippen molar-refractivity contribution in [1.82, 2.24) is 45.3 Å². The third kappa shape index (κ3) is 9.57. The lowest BCUT2D eigenvalue weighted by Gasteiger charge is -2.35. The zero-order valence-electron chi connectivity index (χ0n) is 35.7. The van der Waals surface area contributed by atoms with Gasteiger partial charge in [-0.05, 0) is 78.5 Å². The highest BCUT2D eigenvalue weighted by molar-refractivity contribution is 6.32. The van der Waals surface area contributed by atoms with Gasteiger partial charge in [0.05, 0.1) is 29.0 Å². The second-order valence-corrected chi connectivity index (χ2v) is 18.0. The minimum Gasteiger partial charge on any atom is -0.459 e. The number of benzene rings is 3. The summed E-state index contributed by atoms with van der Waals surface area (Å²) in [6.07, 6.45) is -5.88. The molecule has 22 heteroatoms. The number of guanidine groups is 1. The van der Waals surface area contributed by atoms with Crippen LogP contribution < -0.4 is 10.6 Å². The molecule has 2 aliphatic carbocycles. The van der Waals surface area contributed by atoms with Gasteiger partial charge >= 0.3 is 18.2 Å². The van der Waals surface area contributed by atoms with E-state index in [4.69, 9.17) is 21.1 Å². The number of halogens is 7. The highest BCUT2D eigenvalue weighted by Gasteiger charge is 2.65. The number of hydrogen-bond donors (Lipinski definition) is 2. The van der Waals surface area contributed by atoms with Crippen molar-refractivity contribution in [3.63, 3.8) is 0 Å². The Morgan fingerprint density at radius 2 is 1.77 bits per heavy atom. The highest BCUT2D eigenvalue weighted by atomic mass is 35.5. The molecule has 2 amide bonds. The average molecular weight is 941 g/mol. The number of amides is 2. The molecule has 1 saturated heterocycles. The predicted molar refractivity (Wildman–Crippen MR) is 225 cm³/mol. The Morgan fingerprint density at radius 1 is 1.03 bits per heavy atom. The number of aromatic nitrogens is 6. The molecule has 3 heterocycles. The lowest BCUT2D eigenvalue weighted by atomic mass is 9.75. The van der Waals surface area contributed by atoms with Crippen LogP contribution in [-0.2, 0) is 31.2 Å². The molecule has 2 N–H and O–H groups in total. The number of nitrogens with zero attached hydrogens (tertiary/aromatic N) is 8. The molecular formula is C44H43ClF6N10O5. The maximum absolute atomic E-state index is 16.4. The first-order chi connectivity index (χ1) is 31.3. The van der Waals surface area contributed by atoms with Crippen molar-refractivity contribution in [2.45, 2.75) is 95.2 Å². The molecule has 3 fully saturated rings. The third-order valence-electron chi connectivity index (χ3n) is 11.4. The minimum atomic E-state index is -4.80. The molecule has 0 bridgehead atoms. The van der Waals surface area contributed by atoms with E-state index in [2.05, 4.69) is 30.7 Å². The number of esters is 1. The number of hydrogen-bond acceptors (Lipinski definition) is 10. The highest BCUT2D eigenvalue weighted by Crippen LogP contribution is 2.49. The van der Waals surface area contributed by atoms with Crippen molar-refractivity contribution in [3.05, 3.63) is 113 Å². The first-order valence-electron chi connectivity index (χ1n) is 20.9. The van der Waals surface area contributed by atoms with Crippen LogP contribution in [0.3, 0.4) is 0 Å². The zero-order chi connectivity index (χ0) is 47.2. The van der Waals surface area contributed by atoms with Gasteiger partial charge in [-0.15, -0.1) is 5.10 Å².